The van der Waals surface area contributed by atoms with Crippen molar-refractivity contribution in [2.24, 2.45) is 11.8 Å². The Morgan fingerprint density at radius 3 is 2.89 bits per heavy atom. The number of nitrogens with one attached hydrogen (secondary N) is 2. The Morgan fingerprint density at radius 1 is 1.50 bits per heavy atom. The number of carbonyl (C=O) groups is 1. The lowest BCUT2D eigenvalue weighted by Crippen LogP contribution is -2.33. The zero-order valence-corrected chi connectivity index (χ0v) is 11.0. The average Bonchev–Trinajstić information content (AvgIpc) is 2.75. The molecule has 18 heavy (non-hydrogen) atoms. The third-order valence-electron chi connectivity index (χ3n) is 3.24. The third kappa shape index (κ3) is 2.91. The fourth-order valence-corrected chi connectivity index (χ4v) is 2.46. The smallest absolute Gasteiger partial charge is 0.271 e. The largest absolute Gasteiger partial charge is 0.348 e. The van der Waals surface area contributed by atoms with Gasteiger partial charge < -0.3 is 10.7 Å². The number of hydrogen-bond acceptors (Lipinski definition) is 4. The molecule has 2 rings (SSSR count). The van der Waals surface area contributed by atoms with Gasteiger partial charge in [-0.05, 0) is 37.3 Å². The Hall–Kier alpha value is -1.33. The first-order chi connectivity index (χ1) is 8.60. The summed E-state index contributed by atoms with van der Waals surface area (Å²) < 4.78 is 0. The van der Waals surface area contributed by atoms with Crippen LogP contribution in [-0.2, 0) is 0 Å². The molecule has 98 valence electrons. The van der Waals surface area contributed by atoms with Gasteiger partial charge in [0.1, 0.15) is 11.5 Å². The molecule has 5 nitrogen and oxygen atoms in total. The van der Waals surface area contributed by atoms with E-state index in [1.54, 1.807) is 12.1 Å². The highest BCUT2D eigenvalue weighted by atomic mass is 35.5. The maximum Gasteiger partial charge on any atom is 0.271 e. The van der Waals surface area contributed by atoms with Crippen LogP contribution in [0.2, 0.25) is 5.02 Å². The van der Waals surface area contributed by atoms with Crippen LogP contribution in [-0.4, -0.2) is 16.9 Å². The summed E-state index contributed by atoms with van der Waals surface area (Å²) in [5, 5.41) is 3.29. The van der Waals surface area contributed by atoms with Gasteiger partial charge in [0.25, 0.3) is 5.91 Å². The average molecular weight is 269 g/mol. The van der Waals surface area contributed by atoms with Gasteiger partial charge in [0.05, 0.1) is 5.02 Å². The van der Waals surface area contributed by atoms with Gasteiger partial charge in [-0.3, -0.25) is 4.79 Å². The maximum absolute atomic E-state index is 12.1. The van der Waals surface area contributed by atoms with Crippen LogP contribution in [0, 0.1) is 5.92 Å². The van der Waals surface area contributed by atoms with E-state index >= 15 is 0 Å². The molecule has 1 fully saturated rings. The number of nitrogen functional groups attached to an aromatic ring is 1. The monoisotopic (exact) mass is 268 g/mol. The number of rotatable bonds is 3. The molecule has 0 saturated heterocycles. The van der Waals surface area contributed by atoms with E-state index in [1.807, 2.05) is 0 Å². The van der Waals surface area contributed by atoms with Crippen LogP contribution in [0.1, 0.15) is 36.7 Å². The van der Waals surface area contributed by atoms with Crippen LogP contribution in [0.4, 0.5) is 5.82 Å². The number of pyridine rings is 1. The Balaban J connectivity index is 2.08. The van der Waals surface area contributed by atoms with E-state index in [9.17, 15) is 4.79 Å². The zero-order chi connectivity index (χ0) is 13.1. The lowest BCUT2D eigenvalue weighted by molar-refractivity contribution is 0.0932. The Morgan fingerprint density at radius 2 is 2.28 bits per heavy atom. The summed E-state index contributed by atoms with van der Waals surface area (Å²) in [6.07, 6.45) is 3.17. The summed E-state index contributed by atoms with van der Waals surface area (Å²) in [7, 11) is 0. The summed E-state index contributed by atoms with van der Waals surface area (Å²) in [4.78, 5) is 16.1. The minimum atomic E-state index is -0.240. The summed E-state index contributed by atoms with van der Waals surface area (Å²) in [5.41, 5.74) is 2.61. The second-order valence-electron chi connectivity index (χ2n) is 4.76. The molecular weight excluding hydrogens is 252 g/mol. The van der Waals surface area contributed by atoms with Crippen molar-refractivity contribution >= 4 is 23.3 Å². The standard InChI is InChI=1S/C12H17ClN4O/c1-7-2-3-8(6-7)15-12(18)11-9(13)4-5-10(16-11)17-14/h4-5,7-8H,2-3,6,14H2,1H3,(H,15,18)(H,16,17). The SMILES string of the molecule is CC1CCC(NC(=O)c2nc(NN)ccc2Cl)C1. The van der Waals surface area contributed by atoms with Crippen molar-refractivity contribution in [3.8, 4) is 0 Å². The van der Waals surface area contributed by atoms with E-state index in [0.717, 1.165) is 19.3 Å². The fraction of sp³-hybridized carbons (Fsp3) is 0.500. The second kappa shape index (κ2) is 5.54. The van der Waals surface area contributed by atoms with E-state index in [0.29, 0.717) is 16.8 Å². The van der Waals surface area contributed by atoms with Crippen molar-refractivity contribution in [3.63, 3.8) is 0 Å². The lowest BCUT2D eigenvalue weighted by atomic mass is 10.1. The van der Waals surface area contributed by atoms with Crippen molar-refractivity contribution in [2.45, 2.75) is 32.2 Å². The number of nitrogens with zero attached hydrogens (tertiary/aromatic N) is 1. The molecule has 0 aromatic carbocycles. The third-order valence-corrected chi connectivity index (χ3v) is 3.54. The number of hydrogen-bond donors (Lipinski definition) is 3. The van der Waals surface area contributed by atoms with E-state index in [-0.39, 0.29) is 17.6 Å². The number of aromatic nitrogens is 1. The van der Waals surface area contributed by atoms with Crippen molar-refractivity contribution in [2.75, 3.05) is 5.43 Å². The molecule has 0 radical (unpaired) electrons. The molecule has 1 aliphatic carbocycles. The van der Waals surface area contributed by atoms with Crippen molar-refractivity contribution in [3.05, 3.63) is 22.8 Å². The zero-order valence-electron chi connectivity index (χ0n) is 10.2. The first-order valence-corrected chi connectivity index (χ1v) is 6.42. The van der Waals surface area contributed by atoms with Crippen LogP contribution < -0.4 is 16.6 Å². The molecule has 1 amide bonds. The fourth-order valence-electron chi connectivity index (χ4n) is 2.27. The highest BCUT2D eigenvalue weighted by Crippen LogP contribution is 2.25. The molecule has 4 N–H and O–H groups in total. The van der Waals surface area contributed by atoms with E-state index < -0.39 is 0 Å². The second-order valence-corrected chi connectivity index (χ2v) is 5.17. The summed E-state index contributed by atoms with van der Waals surface area (Å²) >= 11 is 5.97. The molecule has 1 aliphatic rings. The molecule has 6 heteroatoms. The highest BCUT2D eigenvalue weighted by Gasteiger charge is 2.24. The summed E-state index contributed by atoms with van der Waals surface area (Å²) in [6.45, 7) is 2.19. The molecule has 1 aromatic heterocycles. The Labute approximate surface area is 111 Å². The molecule has 1 saturated carbocycles. The summed E-state index contributed by atoms with van der Waals surface area (Å²) in [6, 6.07) is 3.45. The van der Waals surface area contributed by atoms with Gasteiger partial charge in [0.15, 0.2) is 0 Å². The number of anilines is 1. The Kier molecular flexibility index (Phi) is 4.04. The minimum Gasteiger partial charge on any atom is -0.348 e. The van der Waals surface area contributed by atoms with Gasteiger partial charge >= 0.3 is 0 Å². The number of amides is 1. The molecule has 0 spiro atoms. The van der Waals surface area contributed by atoms with E-state index in [4.69, 9.17) is 17.4 Å². The molecule has 0 aliphatic heterocycles. The van der Waals surface area contributed by atoms with Gasteiger partial charge in [-0.15, -0.1) is 0 Å². The topological polar surface area (TPSA) is 80.0 Å². The number of nitrogens with two attached hydrogens (primary N) is 1. The minimum absolute atomic E-state index is 0.215. The predicted octanol–water partition coefficient (Wildman–Crippen LogP) is 1.94. The normalized spacial score (nSPS) is 22.8. The lowest BCUT2D eigenvalue weighted by Gasteiger charge is -2.13. The molecule has 2 unspecified atom stereocenters. The van der Waals surface area contributed by atoms with Gasteiger partial charge in [-0.2, -0.15) is 0 Å². The van der Waals surface area contributed by atoms with E-state index in [1.165, 1.54) is 0 Å². The predicted molar refractivity (Wildman–Crippen MR) is 71.3 cm³/mol. The van der Waals surface area contributed by atoms with Crippen LogP contribution in [0.25, 0.3) is 0 Å². The number of carbonyl (C=O) groups excluding carboxylic acids is 1. The summed E-state index contributed by atoms with van der Waals surface area (Å²) in [5.74, 6) is 6.11. The molecule has 2 atom stereocenters. The molecule has 0 bridgehead atoms. The molecular formula is C12H17ClN4O. The maximum atomic E-state index is 12.1. The van der Waals surface area contributed by atoms with E-state index in [2.05, 4.69) is 22.7 Å². The van der Waals surface area contributed by atoms with Crippen LogP contribution in [0.15, 0.2) is 12.1 Å². The quantitative estimate of drug-likeness (QED) is 0.578. The van der Waals surface area contributed by atoms with Crippen LogP contribution >= 0.6 is 11.6 Å². The van der Waals surface area contributed by atoms with Gasteiger partial charge in [0, 0.05) is 6.04 Å². The molecule has 1 aromatic rings. The highest BCUT2D eigenvalue weighted by molar-refractivity contribution is 6.33. The molecule has 1 heterocycles. The van der Waals surface area contributed by atoms with Crippen molar-refractivity contribution < 1.29 is 4.79 Å². The number of halogens is 1. The van der Waals surface area contributed by atoms with Gasteiger partial charge in [-0.25, -0.2) is 10.8 Å². The van der Waals surface area contributed by atoms with Crippen LogP contribution in [0.3, 0.4) is 0 Å². The van der Waals surface area contributed by atoms with Gasteiger partial charge in [-0.1, -0.05) is 18.5 Å². The van der Waals surface area contributed by atoms with Gasteiger partial charge in [0.2, 0.25) is 0 Å². The van der Waals surface area contributed by atoms with Crippen LogP contribution in [0.5, 0.6) is 0 Å². The first kappa shape index (κ1) is 13.1. The Bertz CT molecular complexity index is 452. The van der Waals surface area contributed by atoms with Crippen molar-refractivity contribution in [1.82, 2.24) is 10.3 Å². The van der Waals surface area contributed by atoms with Crippen molar-refractivity contribution in [1.29, 1.82) is 0 Å². The first-order valence-electron chi connectivity index (χ1n) is 6.04. The number of hydrazine groups is 1.